The van der Waals surface area contributed by atoms with Gasteiger partial charge in [0.25, 0.3) is 11.8 Å². The standard InChI is InChI=1S/C52H51N3O7Si/c1-32-49(63(4,5)41-22-19-39(60-2)20-23-41)46(28-47(57)53-30-36-13-7-6-12-35(36)26-38(53)31-56)62-52(32)43-27-40(61-3)21-24-44(43)54(51(52)59)29-33-11-8-16-37(25-33)55-45-18-10-15-34-14-9-17-42(48(34)45)50(55)58/h6-25,27,32,38,46,49,56H,26,28-31H2,1-5H3/t32-,38-,46+,49-,52+/m0/s1. The molecular weight excluding hydrogens is 807 g/mol. The summed E-state index contributed by atoms with van der Waals surface area (Å²) in [7, 11) is 0.681. The van der Waals surface area contributed by atoms with Gasteiger partial charge in [-0.2, -0.15) is 0 Å². The zero-order chi connectivity index (χ0) is 43.8. The summed E-state index contributed by atoms with van der Waals surface area (Å²) < 4.78 is 18.7. The molecule has 1 spiro atoms. The monoisotopic (exact) mass is 857 g/mol. The van der Waals surface area contributed by atoms with Crippen molar-refractivity contribution in [2.24, 2.45) is 5.92 Å². The fraction of sp³-hybridized carbons (Fsp3) is 0.288. The molecule has 63 heavy (non-hydrogen) atoms. The maximum absolute atomic E-state index is 15.7. The fourth-order valence-electron chi connectivity index (χ4n) is 11.3. The molecule has 11 heteroatoms. The van der Waals surface area contributed by atoms with E-state index in [4.69, 9.17) is 14.2 Å². The highest BCUT2D eigenvalue weighted by atomic mass is 28.3. The summed E-state index contributed by atoms with van der Waals surface area (Å²) in [6.07, 6.45) is -0.00390. The summed E-state index contributed by atoms with van der Waals surface area (Å²) in [6, 6.07) is 41.2. The van der Waals surface area contributed by atoms with Gasteiger partial charge >= 0.3 is 0 Å². The average Bonchev–Trinajstić information content (AvgIpc) is 3.86. The number of carbonyl (C=O) groups is 3. The summed E-state index contributed by atoms with van der Waals surface area (Å²) in [5, 5.41) is 13.7. The number of methoxy groups -OCH3 is 2. The molecule has 10 rings (SSSR count). The lowest BCUT2D eigenvalue weighted by molar-refractivity contribution is -0.151. The minimum absolute atomic E-state index is 0.0512. The van der Waals surface area contributed by atoms with E-state index >= 15 is 4.79 Å². The van der Waals surface area contributed by atoms with Crippen molar-refractivity contribution in [2.45, 2.75) is 69.2 Å². The van der Waals surface area contributed by atoms with Crippen molar-refractivity contribution in [1.82, 2.24) is 4.90 Å². The van der Waals surface area contributed by atoms with Gasteiger partial charge in [0.1, 0.15) is 11.5 Å². The fourth-order valence-corrected chi connectivity index (χ4v) is 15.3. The Morgan fingerprint density at radius 3 is 2.29 bits per heavy atom. The van der Waals surface area contributed by atoms with Crippen molar-refractivity contribution >= 4 is 58.8 Å². The summed E-state index contributed by atoms with van der Waals surface area (Å²) in [5.74, 6) is 0.604. The first-order valence-electron chi connectivity index (χ1n) is 21.7. The van der Waals surface area contributed by atoms with Crippen molar-refractivity contribution < 1.29 is 33.7 Å². The van der Waals surface area contributed by atoms with Crippen molar-refractivity contribution in [3.8, 4) is 11.5 Å². The third-order valence-corrected chi connectivity index (χ3v) is 18.7. The molecule has 6 aromatic carbocycles. The van der Waals surface area contributed by atoms with E-state index in [1.165, 1.54) is 0 Å². The molecule has 3 amide bonds. The lowest BCUT2D eigenvalue weighted by Gasteiger charge is -2.39. The molecule has 6 aromatic rings. The Balaban J connectivity index is 1.03. The second-order valence-electron chi connectivity index (χ2n) is 18.0. The maximum atomic E-state index is 15.7. The molecule has 4 aliphatic rings. The van der Waals surface area contributed by atoms with E-state index in [0.29, 0.717) is 29.8 Å². The van der Waals surface area contributed by atoms with Crippen LogP contribution in [0.4, 0.5) is 17.1 Å². The molecule has 5 atom stereocenters. The normalized spacial score (nSPS) is 22.5. The number of ether oxygens (including phenoxy) is 3. The molecule has 1 N–H and O–H groups in total. The summed E-state index contributed by atoms with van der Waals surface area (Å²) >= 11 is 0. The lowest BCUT2D eigenvalue weighted by Crippen LogP contribution is -2.52. The van der Waals surface area contributed by atoms with Crippen LogP contribution in [0.15, 0.2) is 127 Å². The third kappa shape index (κ3) is 6.38. The number of aliphatic hydroxyl groups is 1. The molecule has 320 valence electrons. The number of hydrogen-bond donors (Lipinski definition) is 1. The minimum Gasteiger partial charge on any atom is -0.497 e. The van der Waals surface area contributed by atoms with Gasteiger partial charge in [-0.1, -0.05) is 98.0 Å². The molecule has 1 saturated heterocycles. The quantitative estimate of drug-likeness (QED) is 0.138. The Morgan fingerprint density at radius 2 is 1.54 bits per heavy atom. The number of anilines is 3. The zero-order valence-corrected chi connectivity index (χ0v) is 37.2. The van der Waals surface area contributed by atoms with Crippen molar-refractivity contribution in [1.29, 1.82) is 0 Å². The number of benzene rings is 6. The highest BCUT2D eigenvalue weighted by molar-refractivity contribution is 6.91. The first-order chi connectivity index (χ1) is 30.5. The summed E-state index contributed by atoms with van der Waals surface area (Å²) in [6.45, 7) is 7.19. The van der Waals surface area contributed by atoms with E-state index in [2.05, 4.69) is 38.2 Å². The van der Waals surface area contributed by atoms with Crippen LogP contribution in [-0.2, 0) is 39.4 Å². The Labute approximate surface area is 368 Å². The Hall–Kier alpha value is -6.27. The Morgan fingerprint density at radius 1 is 0.825 bits per heavy atom. The molecular formula is C52H51N3O7Si. The van der Waals surface area contributed by atoms with Crippen LogP contribution < -0.4 is 24.5 Å². The van der Waals surface area contributed by atoms with Gasteiger partial charge in [0.05, 0.1) is 70.9 Å². The van der Waals surface area contributed by atoms with Gasteiger partial charge in [-0.3, -0.25) is 19.3 Å². The van der Waals surface area contributed by atoms with Crippen molar-refractivity contribution in [3.05, 3.63) is 155 Å². The topological polar surface area (TPSA) is 109 Å². The van der Waals surface area contributed by atoms with Crippen molar-refractivity contribution in [3.63, 3.8) is 0 Å². The average molecular weight is 858 g/mol. The largest absolute Gasteiger partial charge is 0.497 e. The first kappa shape index (κ1) is 40.8. The molecule has 0 aromatic heterocycles. The molecule has 0 bridgehead atoms. The van der Waals surface area contributed by atoms with Gasteiger partial charge in [-0.05, 0) is 88.6 Å². The summed E-state index contributed by atoms with van der Waals surface area (Å²) in [4.78, 5) is 49.8. The second-order valence-corrected chi connectivity index (χ2v) is 22.6. The molecule has 0 unspecified atom stereocenters. The molecule has 4 heterocycles. The molecule has 4 aliphatic heterocycles. The van der Waals surface area contributed by atoms with E-state index in [9.17, 15) is 14.7 Å². The second kappa shape index (κ2) is 15.5. The van der Waals surface area contributed by atoms with Gasteiger partial charge < -0.3 is 29.1 Å². The third-order valence-electron chi connectivity index (χ3n) is 14.4. The van der Waals surface area contributed by atoms with Crippen LogP contribution in [0.1, 0.15) is 46.0 Å². The minimum atomic E-state index is -2.59. The molecule has 0 radical (unpaired) electrons. The maximum Gasteiger partial charge on any atom is 0.264 e. The van der Waals surface area contributed by atoms with Gasteiger partial charge in [-0.25, -0.2) is 0 Å². The lowest BCUT2D eigenvalue weighted by atomic mass is 9.82. The SMILES string of the molecule is COc1ccc([Si](C)(C)[C@@H]2[C@@H](CC(=O)N3Cc4ccccc4C[C@H]3CO)O[C@]3(C(=O)N(Cc4cccc(N5C(=O)c6cccc7cccc5c67)c4)c4ccc(OC)cc43)[C@H]2C)cc1. The predicted octanol–water partition coefficient (Wildman–Crippen LogP) is 8.25. The molecule has 1 fully saturated rings. The number of aliphatic hydroxyl groups excluding tert-OH is 1. The van der Waals surface area contributed by atoms with E-state index in [1.807, 2.05) is 109 Å². The number of carbonyl (C=O) groups excluding carboxylic acids is 3. The Bertz CT molecular complexity index is 2800. The number of amides is 3. The highest BCUT2D eigenvalue weighted by Gasteiger charge is 2.66. The molecule has 0 aliphatic carbocycles. The van der Waals surface area contributed by atoms with Crippen LogP contribution in [0.5, 0.6) is 11.5 Å². The van der Waals surface area contributed by atoms with Gasteiger partial charge in [0.2, 0.25) is 5.91 Å². The van der Waals surface area contributed by atoms with E-state index < -0.39 is 19.8 Å². The van der Waals surface area contributed by atoms with E-state index in [-0.39, 0.29) is 54.8 Å². The number of fused-ring (bicyclic) bond motifs is 3. The van der Waals surface area contributed by atoms with Crippen LogP contribution in [0.25, 0.3) is 10.8 Å². The summed E-state index contributed by atoms with van der Waals surface area (Å²) in [5.41, 5.74) is 5.09. The number of nitrogens with zero attached hydrogens (tertiary/aromatic N) is 3. The van der Waals surface area contributed by atoms with Gasteiger partial charge in [0.15, 0.2) is 5.60 Å². The van der Waals surface area contributed by atoms with E-state index in [0.717, 1.165) is 55.5 Å². The molecule has 0 saturated carbocycles. The van der Waals surface area contributed by atoms with Gasteiger partial charge in [-0.15, -0.1) is 0 Å². The zero-order valence-electron chi connectivity index (χ0n) is 36.2. The van der Waals surface area contributed by atoms with Crippen molar-refractivity contribution in [2.75, 3.05) is 30.6 Å². The van der Waals surface area contributed by atoms with Crippen LogP contribution in [-0.4, -0.2) is 68.8 Å². The van der Waals surface area contributed by atoms with Gasteiger partial charge in [0, 0.05) is 29.1 Å². The van der Waals surface area contributed by atoms with Crippen LogP contribution in [0, 0.1) is 5.92 Å². The van der Waals surface area contributed by atoms with Crippen LogP contribution in [0.3, 0.4) is 0 Å². The number of hydrogen-bond acceptors (Lipinski definition) is 7. The van der Waals surface area contributed by atoms with Crippen LogP contribution >= 0.6 is 0 Å². The Kier molecular flexibility index (Phi) is 10.0. The van der Waals surface area contributed by atoms with E-state index in [1.54, 1.807) is 28.9 Å². The smallest absolute Gasteiger partial charge is 0.264 e. The first-order valence-corrected chi connectivity index (χ1v) is 24.8. The van der Waals surface area contributed by atoms with Crippen LogP contribution in [0.2, 0.25) is 18.6 Å². The predicted molar refractivity (Wildman–Crippen MR) is 247 cm³/mol. The number of rotatable bonds is 10. The molecule has 10 nitrogen and oxygen atoms in total. The highest BCUT2D eigenvalue weighted by Crippen LogP contribution is 2.61.